The number of aliphatic hydroxyl groups excluding tert-OH is 1. The van der Waals surface area contributed by atoms with Crippen LogP contribution in [0.15, 0.2) is 30.5 Å². The highest BCUT2D eigenvalue weighted by Crippen LogP contribution is 2.22. The molecule has 2 aromatic rings. The molecule has 2 N–H and O–H groups in total. The number of aryl methyl sites for hydroxylation is 1. The predicted octanol–water partition coefficient (Wildman–Crippen LogP) is 2.94. The highest BCUT2D eigenvalue weighted by molar-refractivity contribution is 6.07. The van der Waals surface area contributed by atoms with Crippen molar-refractivity contribution in [1.82, 2.24) is 9.88 Å². The summed E-state index contributed by atoms with van der Waals surface area (Å²) in [5.74, 6) is -0.123. The molecule has 114 valence electrons. The number of amides is 1. The number of carbonyl (C=O) groups excluding carboxylic acids is 1. The lowest BCUT2D eigenvalue weighted by molar-refractivity contribution is 0.0924. The molecule has 0 fully saturated rings. The number of hydrogen-bond donors (Lipinski definition) is 2. The Balaban J connectivity index is 2.29. The Kier molecular flexibility index (Phi) is 5.39. The van der Waals surface area contributed by atoms with E-state index in [-0.39, 0.29) is 18.6 Å². The van der Waals surface area contributed by atoms with Gasteiger partial charge in [-0.1, -0.05) is 38.0 Å². The fourth-order valence-corrected chi connectivity index (χ4v) is 2.49. The number of nitrogens with zero attached hydrogens (tertiary/aromatic N) is 1. The number of para-hydroxylation sites is 1. The third kappa shape index (κ3) is 3.64. The zero-order valence-corrected chi connectivity index (χ0v) is 12.8. The van der Waals surface area contributed by atoms with Gasteiger partial charge < -0.3 is 15.0 Å². The van der Waals surface area contributed by atoms with Crippen molar-refractivity contribution in [2.75, 3.05) is 6.61 Å². The highest BCUT2D eigenvalue weighted by atomic mass is 16.3. The molecule has 1 unspecified atom stereocenters. The maximum absolute atomic E-state index is 12.3. The smallest absolute Gasteiger partial charge is 0.253 e. The summed E-state index contributed by atoms with van der Waals surface area (Å²) in [6.07, 6.45) is 5.42. The van der Waals surface area contributed by atoms with Gasteiger partial charge in [0.05, 0.1) is 12.2 Å². The van der Waals surface area contributed by atoms with Crippen LogP contribution in [-0.2, 0) is 6.54 Å². The van der Waals surface area contributed by atoms with E-state index in [1.165, 1.54) is 12.8 Å². The summed E-state index contributed by atoms with van der Waals surface area (Å²) >= 11 is 0. The minimum atomic E-state index is -0.236. The van der Waals surface area contributed by atoms with Crippen LogP contribution in [0.2, 0.25) is 0 Å². The van der Waals surface area contributed by atoms with E-state index in [0.29, 0.717) is 5.56 Å². The van der Waals surface area contributed by atoms with Crippen LogP contribution in [0.5, 0.6) is 0 Å². The van der Waals surface area contributed by atoms with Crippen molar-refractivity contribution in [3.63, 3.8) is 0 Å². The Labute approximate surface area is 125 Å². The van der Waals surface area contributed by atoms with Crippen molar-refractivity contribution < 1.29 is 9.90 Å². The van der Waals surface area contributed by atoms with Gasteiger partial charge >= 0.3 is 0 Å². The van der Waals surface area contributed by atoms with E-state index >= 15 is 0 Å². The maximum Gasteiger partial charge on any atom is 0.253 e. The molecule has 1 aromatic carbocycles. The van der Waals surface area contributed by atoms with Crippen molar-refractivity contribution in [2.24, 2.45) is 0 Å². The summed E-state index contributed by atoms with van der Waals surface area (Å²) in [5.41, 5.74) is 1.78. The zero-order chi connectivity index (χ0) is 15.2. The number of aromatic nitrogens is 1. The Bertz CT molecular complexity index is 604. The first kappa shape index (κ1) is 15.6. The van der Waals surface area contributed by atoms with Crippen molar-refractivity contribution in [3.8, 4) is 0 Å². The predicted molar refractivity (Wildman–Crippen MR) is 85.5 cm³/mol. The van der Waals surface area contributed by atoms with Crippen molar-refractivity contribution in [2.45, 2.75) is 45.7 Å². The average molecular weight is 288 g/mol. The normalized spacial score (nSPS) is 12.5. The first-order valence-electron chi connectivity index (χ1n) is 7.67. The largest absolute Gasteiger partial charge is 0.394 e. The molecule has 4 nitrogen and oxygen atoms in total. The van der Waals surface area contributed by atoms with E-state index in [2.05, 4.69) is 16.8 Å². The van der Waals surface area contributed by atoms with Gasteiger partial charge in [0, 0.05) is 29.7 Å². The number of benzene rings is 1. The molecule has 1 aromatic heterocycles. The second-order valence-electron chi connectivity index (χ2n) is 5.52. The molecule has 0 aliphatic heterocycles. The summed E-state index contributed by atoms with van der Waals surface area (Å²) in [7, 11) is 0. The Morgan fingerprint density at radius 1 is 1.33 bits per heavy atom. The quantitative estimate of drug-likeness (QED) is 0.770. The molecular formula is C17H24N2O2. The number of nitrogens with one attached hydrogen (secondary N) is 1. The minimum absolute atomic E-state index is 0.0547. The van der Waals surface area contributed by atoms with Crippen LogP contribution < -0.4 is 5.32 Å². The number of aliphatic hydroxyl groups is 1. The number of fused-ring (bicyclic) bond motifs is 1. The average Bonchev–Trinajstić information content (AvgIpc) is 2.87. The second kappa shape index (κ2) is 7.27. The van der Waals surface area contributed by atoms with E-state index in [4.69, 9.17) is 5.11 Å². The summed E-state index contributed by atoms with van der Waals surface area (Å²) in [6.45, 7) is 4.85. The van der Waals surface area contributed by atoms with Gasteiger partial charge in [0.1, 0.15) is 0 Å². The lowest BCUT2D eigenvalue weighted by Crippen LogP contribution is -2.34. The fourth-order valence-electron chi connectivity index (χ4n) is 2.49. The van der Waals surface area contributed by atoms with E-state index in [0.717, 1.165) is 23.9 Å². The Hall–Kier alpha value is -1.81. The molecular weight excluding hydrogens is 264 g/mol. The van der Waals surface area contributed by atoms with Crippen LogP contribution in [-0.4, -0.2) is 28.2 Å². The van der Waals surface area contributed by atoms with Gasteiger partial charge in [-0.05, 0) is 19.4 Å². The Morgan fingerprint density at radius 2 is 2.10 bits per heavy atom. The summed E-state index contributed by atoms with van der Waals surface area (Å²) < 4.78 is 2.16. The standard InChI is InChI=1S/C17H24N2O2/c1-3-4-7-10-19-11-15(17(21)18-13(2)12-20)14-8-5-6-9-16(14)19/h5-6,8-9,11,13,20H,3-4,7,10,12H2,1-2H3,(H,18,21). The number of carbonyl (C=O) groups is 1. The number of unbranched alkanes of at least 4 members (excludes halogenated alkanes) is 2. The minimum Gasteiger partial charge on any atom is -0.394 e. The monoisotopic (exact) mass is 288 g/mol. The van der Waals surface area contributed by atoms with Gasteiger partial charge in [0.25, 0.3) is 5.91 Å². The molecule has 0 bridgehead atoms. The van der Waals surface area contributed by atoms with Crippen LogP contribution in [0.3, 0.4) is 0 Å². The van der Waals surface area contributed by atoms with E-state index < -0.39 is 0 Å². The van der Waals surface area contributed by atoms with Gasteiger partial charge in [-0.25, -0.2) is 0 Å². The van der Waals surface area contributed by atoms with Gasteiger partial charge in [-0.3, -0.25) is 4.79 Å². The zero-order valence-electron chi connectivity index (χ0n) is 12.8. The fraction of sp³-hybridized carbons (Fsp3) is 0.471. The molecule has 0 aliphatic carbocycles. The van der Waals surface area contributed by atoms with Crippen LogP contribution in [0, 0.1) is 0 Å². The van der Waals surface area contributed by atoms with Crippen LogP contribution >= 0.6 is 0 Å². The molecule has 4 heteroatoms. The molecule has 2 rings (SSSR count). The summed E-state index contributed by atoms with van der Waals surface area (Å²) in [5, 5.41) is 12.9. The van der Waals surface area contributed by atoms with Gasteiger partial charge in [0.2, 0.25) is 0 Å². The number of hydrogen-bond acceptors (Lipinski definition) is 2. The van der Waals surface area contributed by atoms with Crippen molar-refractivity contribution in [3.05, 3.63) is 36.0 Å². The SMILES string of the molecule is CCCCCn1cc(C(=O)NC(C)CO)c2ccccc21. The second-order valence-corrected chi connectivity index (χ2v) is 5.52. The first-order valence-corrected chi connectivity index (χ1v) is 7.67. The lowest BCUT2D eigenvalue weighted by atomic mass is 10.1. The van der Waals surface area contributed by atoms with Crippen LogP contribution in [0.25, 0.3) is 10.9 Å². The third-order valence-electron chi connectivity index (χ3n) is 3.69. The number of rotatable bonds is 7. The molecule has 0 saturated carbocycles. The molecule has 0 spiro atoms. The van der Waals surface area contributed by atoms with Gasteiger partial charge in [-0.15, -0.1) is 0 Å². The van der Waals surface area contributed by atoms with Gasteiger partial charge in [-0.2, -0.15) is 0 Å². The van der Waals surface area contributed by atoms with E-state index in [9.17, 15) is 4.79 Å². The van der Waals surface area contributed by atoms with Crippen molar-refractivity contribution in [1.29, 1.82) is 0 Å². The van der Waals surface area contributed by atoms with E-state index in [1.54, 1.807) is 6.92 Å². The molecule has 1 heterocycles. The molecule has 21 heavy (non-hydrogen) atoms. The molecule has 1 amide bonds. The summed E-state index contributed by atoms with van der Waals surface area (Å²) in [4.78, 5) is 12.3. The third-order valence-corrected chi connectivity index (χ3v) is 3.69. The van der Waals surface area contributed by atoms with Crippen LogP contribution in [0.4, 0.5) is 0 Å². The lowest BCUT2D eigenvalue weighted by Gasteiger charge is -2.09. The first-order chi connectivity index (χ1) is 10.2. The van der Waals surface area contributed by atoms with E-state index in [1.807, 2.05) is 30.5 Å². The Morgan fingerprint density at radius 3 is 2.81 bits per heavy atom. The molecule has 1 atom stereocenters. The molecule has 0 radical (unpaired) electrons. The molecule has 0 aliphatic rings. The molecule has 0 saturated heterocycles. The maximum atomic E-state index is 12.3. The van der Waals surface area contributed by atoms with Gasteiger partial charge in [0.15, 0.2) is 0 Å². The van der Waals surface area contributed by atoms with Crippen molar-refractivity contribution >= 4 is 16.8 Å². The van der Waals surface area contributed by atoms with Crippen LogP contribution in [0.1, 0.15) is 43.5 Å². The topological polar surface area (TPSA) is 54.3 Å². The highest BCUT2D eigenvalue weighted by Gasteiger charge is 2.16. The summed E-state index contributed by atoms with van der Waals surface area (Å²) in [6, 6.07) is 7.74.